The molecule has 1 aliphatic heterocycles. The topological polar surface area (TPSA) is 82.1 Å². The van der Waals surface area contributed by atoms with Gasteiger partial charge in [-0.2, -0.15) is 0 Å². The quantitative estimate of drug-likeness (QED) is 0.215. The number of amides is 2. The van der Waals surface area contributed by atoms with Crippen LogP contribution in [0.1, 0.15) is 47.1 Å². The summed E-state index contributed by atoms with van der Waals surface area (Å²) in [6.45, 7) is 6.96. The van der Waals surface area contributed by atoms with Crippen molar-refractivity contribution in [1.29, 1.82) is 0 Å². The van der Waals surface area contributed by atoms with Crippen molar-refractivity contribution in [2.45, 2.75) is 27.2 Å². The van der Waals surface area contributed by atoms with Gasteiger partial charge in [-0.25, -0.2) is 4.90 Å². The molecule has 0 unspecified atom stereocenters. The Morgan fingerprint density at radius 2 is 1.42 bits per heavy atom. The number of hydrogen-bond donors (Lipinski definition) is 0. The maximum atomic E-state index is 13.3. The smallest absolute Gasteiger partial charge is 0.293 e. The standard InChI is InChI=1S/C22H18INO4.C3H6O2/c1-3-13-9-11-14(12-10-13)24-21(25)17-18(22(24)26)20(28-23)16-8-6-5-7-15(16)19(17)27-4-2;1-2-5-3-4/h5-12H,3-4H2,1-2H3;3H,2H2,1H3. The predicted octanol–water partition coefficient (Wildman–Crippen LogP) is 5.51. The second-order valence-corrected chi connectivity index (χ2v) is 7.42. The van der Waals surface area contributed by atoms with Crippen LogP contribution < -0.4 is 12.7 Å². The van der Waals surface area contributed by atoms with E-state index in [-0.39, 0.29) is 11.1 Å². The van der Waals surface area contributed by atoms with Crippen LogP contribution in [0.2, 0.25) is 0 Å². The summed E-state index contributed by atoms with van der Waals surface area (Å²) in [6.07, 6.45) is 0.884. The number of carbonyl (C=O) groups is 3. The van der Waals surface area contributed by atoms with Gasteiger partial charge in [-0.15, -0.1) is 0 Å². The van der Waals surface area contributed by atoms with Crippen molar-refractivity contribution in [3.05, 3.63) is 65.2 Å². The van der Waals surface area contributed by atoms with Crippen LogP contribution in [0.5, 0.6) is 11.5 Å². The molecule has 7 nitrogen and oxygen atoms in total. The molecule has 3 aromatic rings. The summed E-state index contributed by atoms with van der Waals surface area (Å²) < 4.78 is 15.6. The van der Waals surface area contributed by atoms with Crippen LogP contribution in [0.25, 0.3) is 10.8 Å². The normalized spacial score (nSPS) is 12.2. The summed E-state index contributed by atoms with van der Waals surface area (Å²) in [5.41, 5.74) is 2.18. The van der Waals surface area contributed by atoms with Crippen molar-refractivity contribution < 1.29 is 26.9 Å². The number of carbonyl (C=O) groups excluding carboxylic acids is 3. The third kappa shape index (κ3) is 4.66. The summed E-state index contributed by atoms with van der Waals surface area (Å²) in [6, 6.07) is 14.9. The van der Waals surface area contributed by atoms with E-state index in [0.29, 0.717) is 36.9 Å². The lowest BCUT2D eigenvalue weighted by atomic mass is 9.99. The van der Waals surface area contributed by atoms with Crippen LogP contribution in [-0.4, -0.2) is 31.5 Å². The van der Waals surface area contributed by atoms with Gasteiger partial charge in [0.2, 0.25) is 0 Å². The van der Waals surface area contributed by atoms with Crippen molar-refractivity contribution >= 4 is 57.8 Å². The van der Waals surface area contributed by atoms with Crippen molar-refractivity contribution in [2.75, 3.05) is 18.1 Å². The molecule has 8 heteroatoms. The molecular formula is C25H24INO6. The molecule has 0 aromatic heterocycles. The molecule has 0 N–H and O–H groups in total. The van der Waals surface area contributed by atoms with Crippen LogP contribution in [0.3, 0.4) is 0 Å². The van der Waals surface area contributed by atoms with Crippen LogP contribution in [0, 0.1) is 0 Å². The Morgan fingerprint density at radius 3 is 1.88 bits per heavy atom. The molecule has 4 rings (SSSR count). The zero-order valence-electron chi connectivity index (χ0n) is 18.6. The molecule has 1 aliphatic rings. The van der Waals surface area contributed by atoms with Crippen molar-refractivity contribution in [2.24, 2.45) is 0 Å². The van der Waals surface area contributed by atoms with Gasteiger partial charge >= 0.3 is 0 Å². The fraction of sp³-hybridized carbons (Fsp3) is 0.240. The Hall–Kier alpha value is -3.14. The SMILES string of the molecule is CCOC=O.CCOc1c2c(c(OI)c3ccccc13)C(=O)N(c1ccc(CC)cc1)C2=O. The first-order chi connectivity index (χ1) is 16.0. The molecule has 0 saturated carbocycles. The molecule has 172 valence electrons. The molecule has 0 radical (unpaired) electrons. The minimum atomic E-state index is -0.400. The van der Waals surface area contributed by atoms with Crippen LogP contribution >= 0.6 is 23.0 Å². The van der Waals surface area contributed by atoms with E-state index in [1.54, 1.807) is 42.1 Å². The van der Waals surface area contributed by atoms with Gasteiger partial charge < -0.3 is 12.5 Å². The van der Waals surface area contributed by atoms with Crippen LogP contribution in [0.15, 0.2) is 48.5 Å². The first-order valence-electron chi connectivity index (χ1n) is 10.6. The van der Waals surface area contributed by atoms with Gasteiger partial charge in [0.1, 0.15) is 11.3 Å². The zero-order valence-corrected chi connectivity index (χ0v) is 20.7. The van der Waals surface area contributed by atoms with Gasteiger partial charge in [-0.1, -0.05) is 43.3 Å². The molecule has 0 bridgehead atoms. The first kappa shape index (κ1) is 24.5. The first-order valence-corrected chi connectivity index (χ1v) is 11.4. The van der Waals surface area contributed by atoms with Gasteiger partial charge in [0, 0.05) is 10.8 Å². The van der Waals surface area contributed by atoms with Crippen LogP contribution in [0.4, 0.5) is 5.69 Å². The van der Waals surface area contributed by atoms with E-state index in [2.05, 4.69) is 11.7 Å². The highest BCUT2D eigenvalue weighted by Crippen LogP contribution is 2.46. The number of imide groups is 1. The number of fused-ring (bicyclic) bond motifs is 2. The van der Waals surface area contributed by atoms with E-state index in [0.717, 1.165) is 22.8 Å². The van der Waals surface area contributed by atoms with Gasteiger partial charge in [0.05, 0.1) is 24.5 Å². The molecule has 0 fully saturated rings. The van der Waals surface area contributed by atoms with Crippen molar-refractivity contribution in [3.63, 3.8) is 0 Å². The van der Waals surface area contributed by atoms with E-state index >= 15 is 0 Å². The van der Waals surface area contributed by atoms with Gasteiger partial charge in [-0.3, -0.25) is 14.4 Å². The summed E-state index contributed by atoms with van der Waals surface area (Å²) in [4.78, 5) is 37.0. The summed E-state index contributed by atoms with van der Waals surface area (Å²) in [5, 5.41) is 1.49. The fourth-order valence-electron chi connectivity index (χ4n) is 3.66. The van der Waals surface area contributed by atoms with E-state index in [4.69, 9.17) is 7.80 Å². The maximum absolute atomic E-state index is 13.3. The lowest BCUT2D eigenvalue weighted by Gasteiger charge is -2.14. The second kappa shape index (κ2) is 11.1. The van der Waals surface area contributed by atoms with Gasteiger partial charge in [-0.05, 0) is 38.0 Å². The number of anilines is 1. The lowest BCUT2D eigenvalue weighted by Crippen LogP contribution is -2.29. The highest BCUT2D eigenvalue weighted by Gasteiger charge is 2.43. The molecule has 33 heavy (non-hydrogen) atoms. The molecule has 0 aliphatic carbocycles. The summed E-state index contributed by atoms with van der Waals surface area (Å²) >= 11 is 1.75. The number of halogens is 1. The minimum Gasteiger partial charge on any atom is -0.492 e. The Morgan fingerprint density at radius 1 is 0.848 bits per heavy atom. The lowest BCUT2D eigenvalue weighted by molar-refractivity contribution is -0.128. The molecular weight excluding hydrogens is 537 g/mol. The van der Waals surface area contributed by atoms with E-state index in [9.17, 15) is 14.4 Å². The van der Waals surface area contributed by atoms with E-state index < -0.39 is 11.8 Å². The molecule has 1 heterocycles. The zero-order chi connectivity index (χ0) is 24.0. The average Bonchev–Trinajstić information content (AvgIpc) is 3.10. The Balaban J connectivity index is 0.000000555. The Kier molecular flexibility index (Phi) is 8.26. The third-order valence-corrected chi connectivity index (χ3v) is 5.60. The molecule has 0 atom stereocenters. The number of ether oxygens (including phenoxy) is 2. The number of aryl methyl sites for hydroxylation is 1. The number of nitrogens with zero attached hydrogens (tertiary/aromatic N) is 1. The van der Waals surface area contributed by atoms with E-state index in [1.165, 1.54) is 4.90 Å². The third-order valence-electron chi connectivity index (χ3n) is 5.16. The number of benzene rings is 3. The molecule has 0 spiro atoms. The predicted molar refractivity (Wildman–Crippen MR) is 134 cm³/mol. The molecule has 0 saturated heterocycles. The fourth-order valence-corrected chi connectivity index (χ4v) is 4.11. The van der Waals surface area contributed by atoms with Crippen molar-refractivity contribution in [3.8, 4) is 11.5 Å². The largest absolute Gasteiger partial charge is 0.492 e. The monoisotopic (exact) mass is 561 g/mol. The Labute approximate surface area is 206 Å². The number of rotatable bonds is 7. The Bertz CT molecular complexity index is 1180. The average molecular weight is 561 g/mol. The van der Waals surface area contributed by atoms with Crippen molar-refractivity contribution in [1.82, 2.24) is 0 Å². The van der Waals surface area contributed by atoms with E-state index in [1.807, 2.05) is 43.3 Å². The second-order valence-electron chi connectivity index (χ2n) is 6.98. The van der Waals surface area contributed by atoms with Crippen LogP contribution in [-0.2, 0) is 16.0 Å². The van der Waals surface area contributed by atoms with Gasteiger partial charge in [0.15, 0.2) is 28.8 Å². The molecule has 3 aromatic carbocycles. The number of hydrogen-bond acceptors (Lipinski definition) is 6. The van der Waals surface area contributed by atoms with Gasteiger partial charge in [0.25, 0.3) is 18.3 Å². The highest BCUT2D eigenvalue weighted by molar-refractivity contribution is 14.1. The minimum absolute atomic E-state index is 0.251. The summed E-state index contributed by atoms with van der Waals surface area (Å²) in [7, 11) is 0. The highest BCUT2D eigenvalue weighted by atomic mass is 127. The maximum Gasteiger partial charge on any atom is 0.293 e. The summed E-state index contributed by atoms with van der Waals surface area (Å²) in [5.74, 6) is 0.0211. The molecule has 2 amide bonds.